The zero-order valence-corrected chi connectivity index (χ0v) is 14.1. The molecule has 0 saturated heterocycles. The van der Waals surface area contributed by atoms with Gasteiger partial charge in [0.15, 0.2) is 0 Å². The number of nitrogens with zero attached hydrogens (tertiary/aromatic N) is 1. The predicted molar refractivity (Wildman–Crippen MR) is 79.7 cm³/mol. The van der Waals surface area contributed by atoms with Crippen LogP contribution in [0.25, 0.3) is 0 Å². The van der Waals surface area contributed by atoms with Gasteiger partial charge in [-0.3, -0.25) is 14.9 Å². The van der Waals surface area contributed by atoms with E-state index in [1.165, 1.54) is 13.8 Å². The topological polar surface area (TPSA) is 69.4 Å². The molecule has 5 atom stereocenters. The molecule has 0 aromatic heterocycles. The fourth-order valence-corrected chi connectivity index (χ4v) is 5.24. The monoisotopic (exact) mass is 333 g/mol. The molecule has 2 rings (SSSR count). The summed E-state index contributed by atoms with van der Waals surface area (Å²) in [4.78, 5) is 22.6. The first-order valence-electron chi connectivity index (χ1n) is 8.19. The Balaban J connectivity index is 2.38. The fraction of sp³-hybridized carbons (Fsp3) is 0.938. The molecule has 7 heteroatoms. The molecule has 0 N–H and O–H groups in total. The molecule has 0 aromatic carbocycles. The van der Waals surface area contributed by atoms with Crippen LogP contribution >= 0.6 is 0 Å². The van der Waals surface area contributed by atoms with E-state index < -0.39 is 51.9 Å². The van der Waals surface area contributed by atoms with Crippen molar-refractivity contribution < 1.29 is 23.2 Å². The second-order valence-electron chi connectivity index (χ2n) is 7.36. The van der Waals surface area contributed by atoms with Gasteiger partial charge in [-0.05, 0) is 31.6 Å². The number of carbonyl (C=O) groups excluding carboxylic acids is 1. The van der Waals surface area contributed by atoms with E-state index in [1.807, 2.05) is 0 Å². The summed E-state index contributed by atoms with van der Waals surface area (Å²) in [5.41, 5.74) is -2.33. The van der Waals surface area contributed by atoms with Gasteiger partial charge in [-0.25, -0.2) is 8.78 Å². The summed E-state index contributed by atoms with van der Waals surface area (Å²) in [6.07, 6.45) is 0.654. The van der Waals surface area contributed by atoms with Crippen molar-refractivity contribution in [1.82, 2.24) is 0 Å². The zero-order valence-electron chi connectivity index (χ0n) is 14.1. The third kappa shape index (κ3) is 2.34. The summed E-state index contributed by atoms with van der Waals surface area (Å²) >= 11 is 0. The minimum absolute atomic E-state index is 0.159. The Bertz CT molecular complexity index is 512. The molecule has 2 aliphatic carbocycles. The minimum Gasteiger partial charge on any atom is -0.466 e. The van der Waals surface area contributed by atoms with E-state index in [1.54, 1.807) is 13.8 Å². The lowest BCUT2D eigenvalue weighted by atomic mass is 9.34. The van der Waals surface area contributed by atoms with Gasteiger partial charge in [-0.1, -0.05) is 20.8 Å². The number of nitro groups is 1. The van der Waals surface area contributed by atoms with Crippen LogP contribution in [0.5, 0.6) is 0 Å². The van der Waals surface area contributed by atoms with Crippen LogP contribution < -0.4 is 0 Å². The lowest BCUT2D eigenvalue weighted by molar-refractivity contribution is -0.522. The molecule has 23 heavy (non-hydrogen) atoms. The summed E-state index contributed by atoms with van der Waals surface area (Å²) in [5, 5.41) is 11.2. The number of ether oxygens (including phenoxy) is 1. The summed E-state index contributed by atoms with van der Waals surface area (Å²) in [5.74, 6) is -5.32. The molecule has 0 heterocycles. The molecule has 0 spiro atoms. The van der Waals surface area contributed by atoms with Crippen molar-refractivity contribution >= 4 is 5.97 Å². The highest BCUT2D eigenvalue weighted by Gasteiger charge is 2.78. The Morgan fingerprint density at radius 2 is 1.96 bits per heavy atom. The number of hydrogen-bond donors (Lipinski definition) is 0. The number of rotatable bonds is 5. The van der Waals surface area contributed by atoms with E-state index in [-0.39, 0.29) is 13.0 Å². The first-order valence-corrected chi connectivity index (χ1v) is 8.19. The highest BCUT2D eigenvalue weighted by atomic mass is 19.3. The standard InChI is InChI=1S/C16H25F2NO4/c1-5-23-13(20)8-15(9-19(21)22)11(3)14(4)12(15)7-6-10(2)16(14,17)18/h10-12H,5-9H2,1-4H3/t10-,11-,12+,14+,15+/m1/s1. The molecule has 2 saturated carbocycles. The third-order valence-electron chi connectivity index (χ3n) is 6.61. The molecule has 2 fully saturated rings. The highest BCUT2D eigenvalue weighted by Crippen LogP contribution is 2.75. The van der Waals surface area contributed by atoms with Gasteiger partial charge in [0.1, 0.15) is 0 Å². The number of hydrogen-bond acceptors (Lipinski definition) is 4. The molecule has 0 aromatic rings. The van der Waals surface area contributed by atoms with Crippen LogP contribution in [0.2, 0.25) is 0 Å². The van der Waals surface area contributed by atoms with E-state index in [4.69, 9.17) is 4.74 Å². The second-order valence-corrected chi connectivity index (χ2v) is 7.36. The van der Waals surface area contributed by atoms with Crippen molar-refractivity contribution in [3.05, 3.63) is 10.1 Å². The molecule has 132 valence electrons. The Hall–Kier alpha value is -1.27. The van der Waals surface area contributed by atoms with Crippen LogP contribution in [0.15, 0.2) is 0 Å². The lowest BCUT2D eigenvalue weighted by Crippen LogP contribution is -2.74. The molecule has 5 nitrogen and oxygen atoms in total. The number of esters is 1. The van der Waals surface area contributed by atoms with Gasteiger partial charge in [0.2, 0.25) is 6.54 Å². The van der Waals surface area contributed by atoms with E-state index in [0.29, 0.717) is 12.8 Å². The smallest absolute Gasteiger partial charge is 0.306 e. The van der Waals surface area contributed by atoms with Crippen molar-refractivity contribution in [2.24, 2.45) is 28.6 Å². The predicted octanol–water partition coefficient (Wildman–Crippen LogP) is 3.54. The zero-order chi connectivity index (χ0) is 17.6. The Labute approximate surface area is 134 Å². The van der Waals surface area contributed by atoms with Crippen LogP contribution in [0.1, 0.15) is 47.0 Å². The molecule has 0 bridgehead atoms. The van der Waals surface area contributed by atoms with E-state index in [9.17, 15) is 23.7 Å². The van der Waals surface area contributed by atoms with Crippen LogP contribution in [0, 0.1) is 38.7 Å². The summed E-state index contributed by atoms with van der Waals surface area (Å²) in [7, 11) is 0. The Morgan fingerprint density at radius 3 is 2.48 bits per heavy atom. The van der Waals surface area contributed by atoms with Crippen molar-refractivity contribution in [2.45, 2.75) is 52.9 Å². The number of fused-ring (bicyclic) bond motifs is 1. The van der Waals surface area contributed by atoms with Gasteiger partial charge in [0.05, 0.1) is 18.4 Å². The number of halogens is 2. The van der Waals surface area contributed by atoms with E-state index in [2.05, 4.69) is 0 Å². The van der Waals surface area contributed by atoms with Gasteiger partial charge in [-0.15, -0.1) is 0 Å². The van der Waals surface area contributed by atoms with Gasteiger partial charge in [0.25, 0.3) is 5.92 Å². The second kappa shape index (κ2) is 5.67. The largest absolute Gasteiger partial charge is 0.466 e. The van der Waals surface area contributed by atoms with Gasteiger partial charge in [0, 0.05) is 16.3 Å². The van der Waals surface area contributed by atoms with E-state index >= 15 is 0 Å². The van der Waals surface area contributed by atoms with Crippen LogP contribution in [-0.2, 0) is 9.53 Å². The molecule has 0 amide bonds. The van der Waals surface area contributed by atoms with Crippen LogP contribution in [-0.4, -0.2) is 30.0 Å². The first kappa shape index (κ1) is 18.1. The SMILES string of the molecule is CCOC(=O)C[C@@]1(C[N+](=O)[O-])[C@H]2CC[C@@H](C)C(F)(F)[C@@]2(C)[C@H]1C. The Morgan fingerprint density at radius 1 is 1.35 bits per heavy atom. The summed E-state index contributed by atoms with van der Waals surface area (Å²) in [6, 6.07) is 0. The quantitative estimate of drug-likeness (QED) is 0.438. The third-order valence-corrected chi connectivity index (χ3v) is 6.61. The van der Waals surface area contributed by atoms with Crippen molar-refractivity contribution in [3.8, 4) is 0 Å². The van der Waals surface area contributed by atoms with Crippen molar-refractivity contribution in [3.63, 3.8) is 0 Å². The first-order chi connectivity index (χ1) is 10.5. The Kier molecular flexibility index (Phi) is 4.45. The summed E-state index contributed by atoms with van der Waals surface area (Å²) in [6.45, 7) is 6.07. The highest BCUT2D eigenvalue weighted by molar-refractivity contribution is 5.71. The molecule has 0 aliphatic heterocycles. The molecule has 0 radical (unpaired) electrons. The molecule has 2 aliphatic rings. The maximum Gasteiger partial charge on any atom is 0.306 e. The average Bonchev–Trinajstić information content (AvgIpc) is 2.43. The lowest BCUT2D eigenvalue weighted by Gasteiger charge is -2.70. The maximum atomic E-state index is 14.8. The molecule has 0 unspecified atom stereocenters. The number of alkyl halides is 2. The van der Waals surface area contributed by atoms with Gasteiger partial charge >= 0.3 is 5.97 Å². The minimum atomic E-state index is -2.88. The van der Waals surface area contributed by atoms with Crippen LogP contribution in [0.4, 0.5) is 8.78 Å². The van der Waals surface area contributed by atoms with Crippen LogP contribution in [0.3, 0.4) is 0 Å². The van der Waals surface area contributed by atoms with Crippen molar-refractivity contribution in [1.29, 1.82) is 0 Å². The van der Waals surface area contributed by atoms with Gasteiger partial charge in [-0.2, -0.15) is 0 Å². The number of carbonyl (C=O) groups is 1. The summed E-state index contributed by atoms with van der Waals surface area (Å²) < 4.78 is 34.6. The fourth-order valence-electron chi connectivity index (χ4n) is 5.24. The van der Waals surface area contributed by atoms with Crippen molar-refractivity contribution in [2.75, 3.05) is 13.2 Å². The normalized spacial score (nSPS) is 41.6. The average molecular weight is 333 g/mol. The van der Waals surface area contributed by atoms with Gasteiger partial charge < -0.3 is 4.74 Å². The van der Waals surface area contributed by atoms with E-state index in [0.717, 1.165) is 0 Å². The molecular weight excluding hydrogens is 308 g/mol. The maximum absolute atomic E-state index is 14.8. The molecular formula is C16H25F2NO4.